The number of alkyl halides is 3. The molecule has 0 unspecified atom stereocenters. The second kappa shape index (κ2) is 12.9. The fraction of sp³-hybridized carbons (Fsp3) is 0.360. The number of aliphatic hydroxyl groups excluding tert-OH is 1. The number of anilines is 1. The van der Waals surface area contributed by atoms with E-state index in [4.69, 9.17) is 4.74 Å². The molecule has 0 aliphatic carbocycles. The van der Waals surface area contributed by atoms with Crippen molar-refractivity contribution in [2.75, 3.05) is 11.9 Å². The molecule has 2 aromatic heterocycles. The van der Waals surface area contributed by atoms with Gasteiger partial charge in [-0.3, -0.25) is 18.9 Å². The van der Waals surface area contributed by atoms with Crippen molar-refractivity contribution < 1.29 is 27.8 Å². The lowest BCUT2D eigenvalue weighted by Gasteiger charge is -2.17. The Morgan fingerprint density at radius 2 is 1.89 bits per heavy atom. The molecule has 0 bridgehead atoms. The number of rotatable bonds is 12. The van der Waals surface area contributed by atoms with Gasteiger partial charge in [0, 0.05) is 44.2 Å². The summed E-state index contributed by atoms with van der Waals surface area (Å²) < 4.78 is 49.2. The van der Waals surface area contributed by atoms with Gasteiger partial charge in [-0.05, 0) is 43.5 Å². The van der Waals surface area contributed by atoms with E-state index in [1.807, 2.05) is 26.0 Å². The van der Waals surface area contributed by atoms with Gasteiger partial charge in [-0.15, -0.1) is 13.2 Å². The van der Waals surface area contributed by atoms with Crippen LogP contribution in [0.4, 0.5) is 24.7 Å². The lowest BCUT2D eigenvalue weighted by atomic mass is 10.2. The van der Waals surface area contributed by atoms with Crippen LogP contribution in [-0.4, -0.2) is 38.6 Å². The molecule has 0 spiro atoms. The summed E-state index contributed by atoms with van der Waals surface area (Å²) in [6, 6.07) is 8.49. The minimum absolute atomic E-state index is 0.00332. The molecule has 0 aliphatic rings. The first-order valence-corrected chi connectivity index (χ1v) is 11.8. The van der Waals surface area contributed by atoms with Crippen LogP contribution in [-0.2, 0) is 19.6 Å². The van der Waals surface area contributed by atoms with E-state index in [9.17, 15) is 27.9 Å². The molecule has 0 radical (unpaired) electrons. The van der Waals surface area contributed by atoms with Gasteiger partial charge in [0.1, 0.15) is 17.2 Å². The van der Waals surface area contributed by atoms with Crippen molar-refractivity contribution >= 4 is 17.9 Å². The van der Waals surface area contributed by atoms with E-state index in [2.05, 4.69) is 20.0 Å². The Morgan fingerprint density at radius 3 is 2.55 bits per heavy atom. The maximum atomic E-state index is 13.3. The molecule has 0 atom stereocenters. The van der Waals surface area contributed by atoms with Gasteiger partial charge in [-0.25, -0.2) is 4.79 Å². The molecule has 13 heteroatoms. The van der Waals surface area contributed by atoms with Crippen LogP contribution in [0.5, 0.6) is 11.5 Å². The first-order chi connectivity index (χ1) is 18.1. The number of aryl methyl sites for hydroxylation is 1. The number of halogens is 3. The summed E-state index contributed by atoms with van der Waals surface area (Å²) in [4.78, 5) is 34.9. The van der Waals surface area contributed by atoms with Gasteiger partial charge >= 0.3 is 12.1 Å². The molecule has 0 fully saturated rings. The number of benzene rings is 1. The molecule has 0 saturated carbocycles. The molecule has 3 rings (SSSR count). The number of pyridine rings is 1. The quantitative estimate of drug-likeness (QED) is 0.268. The van der Waals surface area contributed by atoms with E-state index in [1.165, 1.54) is 16.7 Å². The number of ether oxygens (including phenoxy) is 2. The highest BCUT2D eigenvalue weighted by molar-refractivity contribution is 5.67. The number of hydrogen-bond donors (Lipinski definition) is 2. The van der Waals surface area contributed by atoms with Gasteiger partial charge in [0.05, 0.1) is 0 Å². The standard InChI is InChI=1S/C25H28F3N5O5/c1-3-10-32-22(31-16-37-19-6-4-7-20(13-19)38-25(26,27)28)21(23(35)33(24(32)36)11-5-12-34)30-15-18-9-8-17(2)29-14-18/h4,6-9,13-14,16,30,34H,3,5,10-12,15H2,1-2H3. The minimum atomic E-state index is -4.86. The van der Waals surface area contributed by atoms with E-state index in [-0.39, 0.29) is 49.9 Å². The molecule has 0 saturated heterocycles. The Morgan fingerprint density at radius 1 is 1.13 bits per heavy atom. The lowest BCUT2D eigenvalue weighted by molar-refractivity contribution is -0.274. The van der Waals surface area contributed by atoms with Crippen LogP contribution in [0.1, 0.15) is 31.0 Å². The SMILES string of the molecule is CCCn1c(N=COc2cccc(OC(F)(F)F)c2)c(NCc2ccc(C)nc2)c(=O)n(CCCO)c1=O. The summed E-state index contributed by atoms with van der Waals surface area (Å²) in [5.74, 6) is -0.492. The van der Waals surface area contributed by atoms with Crippen molar-refractivity contribution in [1.29, 1.82) is 0 Å². The highest BCUT2D eigenvalue weighted by atomic mass is 19.4. The van der Waals surface area contributed by atoms with Gasteiger partial charge < -0.3 is 19.9 Å². The molecular weight excluding hydrogens is 507 g/mol. The zero-order valence-corrected chi connectivity index (χ0v) is 20.9. The summed E-state index contributed by atoms with van der Waals surface area (Å²) in [6.45, 7) is 3.91. The van der Waals surface area contributed by atoms with Gasteiger partial charge in [0.15, 0.2) is 12.2 Å². The van der Waals surface area contributed by atoms with Crippen LogP contribution < -0.4 is 26.0 Å². The number of aromatic nitrogens is 3. The molecule has 10 nitrogen and oxygen atoms in total. The molecule has 2 heterocycles. The number of nitrogens with one attached hydrogen (secondary N) is 1. The molecule has 2 N–H and O–H groups in total. The van der Waals surface area contributed by atoms with E-state index in [0.717, 1.165) is 34.4 Å². The smallest absolute Gasteiger partial charge is 0.446 e. The van der Waals surface area contributed by atoms with Gasteiger partial charge in [0.25, 0.3) is 5.56 Å². The highest BCUT2D eigenvalue weighted by Gasteiger charge is 2.31. The average Bonchev–Trinajstić information content (AvgIpc) is 2.86. The Balaban J connectivity index is 2.00. The Kier molecular flexibility index (Phi) is 9.66. The summed E-state index contributed by atoms with van der Waals surface area (Å²) in [5.41, 5.74) is 0.372. The van der Waals surface area contributed by atoms with Crippen molar-refractivity contribution in [3.05, 3.63) is 74.7 Å². The maximum absolute atomic E-state index is 13.3. The third-order valence-corrected chi connectivity index (χ3v) is 5.23. The summed E-state index contributed by atoms with van der Waals surface area (Å²) in [5, 5.41) is 12.3. The molecular formula is C25H28F3N5O5. The highest BCUT2D eigenvalue weighted by Crippen LogP contribution is 2.26. The second-order valence-corrected chi connectivity index (χ2v) is 8.20. The Labute approximate surface area is 216 Å². The van der Waals surface area contributed by atoms with Crippen molar-refractivity contribution in [3.63, 3.8) is 0 Å². The van der Waals surface area contributed by atoms with Crippen molar-refractivity contribution in [2.24, 2.45) is 4.99 Å². The van der Waals surface area contributed by atoms with E-state index in [1.54, 1.807) is 6.20 Å². The van der Waals surface area contributed by atoms with Crippen LogP contribution in [0, 0.1) is 6.92 Å². The van der Waals surface area contributed by atoms with Crippen LogP contribution in [0.25, 0.3) is 0 Å². The molecule has 38 heavy (non-hydrogen) atoms. The van der Waals surface area contributed by atoms with Gasteiger partial charge in [0.2, 0.25) is 0 Å². The van der Waals surface area contributed by atoms with Crippen LogP contribution in [0.15, 0.2) is 57.2 Å². The number of hydrogen-bond acceptors (Lipinski definition) is 8. The average molecular weight is 536 g/mol. The summed E-state index contributed by atoms with van der Waals surface area (Å²) in [6.07, 6.45) is -1.54. The Hall–Kier alpha value is -4.13. The lowest BCUT2D eigenvalue weighted by Crippen LogP contribution is -2.41. The second-order valence-electron chi connectivity index (χ2n) is 8.20. The predicted octanol–water partition coefficient (Wildman–Crippen LogP) is 3.76. The third kappa shape index (κ3) is 7.68. The molecule has 204 valence electrons. The third-order valence-electron chi connectivity index (χ3n) is 5.23. The normalized spacial score (nSPS) is 11.6. The molecule has 0 aliphatic heterocycles. The largest absolute Gasteiger partial charge is 0.573 e. The van der Waals surface area contributed by atoms with Crippen molar-refractivity contribution in [3.8, 4) is 11.5 Å². The summed E-state index contributed by atoms with van der Waals surface area (Å²) >= 11 is 0. The van der Waals surface area contributed by atoms with Gasteiger partial charge in [-0.1, -0.05) is 19.1 Å². The zero-order valence-electron chi connectivity index (χ0n) is 20.9. The molecule has 3 aromatic rings. The zero-order chi connectivity index (χ0) is 27.7. The van der Waals surface area contributed by atoms with Crippen molar-refractivity contribution in [2.45, 2.75) is 52.7 Å². The first kappa shape index (κ1) is 28.4. The molecule has 1 aromatic carbocycles. The monoisotopic (exact) mass is 535 g/mol. The topological polar surface area (TPSA) is 120 Å². The van der Waals surface area contributed by atoms with Crippen LogP contribution in [0.2, 0.25) is 0 Å². The summed E-state index contributed by atoms with van der Waals surface area (Å²) in [7, 11) is 0. The fourth-order valence-corrected chi connectivity index (χ4v) is 3.50. The number of aliphatic hydroxyl groups is 1. The minimum Gasteiger partial charge on any atom is -0.446 e. The first-order valence-electron chi connectivity index (χ1n) is 11.8. The van der Waals surface area contributed by atoms with E-state index in [0.29, 0.717) is 6.42 Å². The fourth-order valence-electron chi connectivity index (χ4n) is 3.50. The van der Waals surface area contributed by atoms with Crippen molar-refractivity contribution in [1.82, 2.24) is 14.1 Å². The van der Waals surface area contributed by atoms with E-state index >= 15 is 0 Å². The number of nitrogens with zero attached hydrogens (tertiary/aromatic N) is 4. The van der Waals surface area contributed by atoms with E-state index < -0.39 is 23.4 Å². The predicted molar refractivity (Wildman–Crippen MR) is 135 cm³/mol. The Bertz CT molecular complexity index is 1370. The van der Waals surface area contributed by atoms with Crippen LogP contribution in [0.3, 0.4) is 0 Å². The maximum Gasteiger partial charge on any atom is 0.573 e. The van der Waals surface area contributed by atoms with Crippen LogP contribution >= 0.6 is 0 Å². The molecule has 0 amide bonds. The number of aliphatic imine (C=N–C) groups is 1. The van der Waals surface area contributed by atoms with Gasteiger partial charge in [-0.2, -0.15) is 4.99 Å².